The Labute approximate surface area is 100.0 Å². The largest absolute Gasteiger partial charge is 0.379 e. The van der Waals surface area contributed by atoms with Crippen molar-refractivity contribution in [2.75, 3.05) is 5.32 Å². The number of nitriles is 1. The molecule has 0 aliphatic carbocycles. The monoisotopic (exact) mass is 224 g/mol. The SMILES string of the molecule is Cc1cnccc1CNc1cnccc1C#N. The third-order valence-corrected chi connectivity index (χ3v) is 2.55. The van der Waals surface area contributed by atoms with Gasteiger partial charge in [0.05, 0.1) is 17.4 Å². The molecular formula is C13H12N4. The molecule has 2 aromatic heterocycles. The van der Waals surface area contributed by atoms with Gasteiger partial charge in [0.2, 0.25) is 0 Å². The number of rotatable bonds is 3. The molecule has 0 saturated heterocycles. The van der Waals surface area contributed by atoms with Crippen LogP contribution in [0.2, 0.25) is 0 Å². The topological polar surface area (TPSA) is 61.6 Å². The van der Waals surface area contributed by atoms with Crippen molar-refractivity contribution in [1.29, 1.82) is 5.26 Å². The van der Waals surface area contributed by atoms with Crippen LogP contribution in [0.4, 0.5) is 5.69 Å². The Morgan fingerprint density at radius 3 is 2.76 bits per heavy atom. The molecule has 0 radical (unpaired) electrons. The molecule has 0 bridgehead atoms. The van der Waals surface area contributed by atoms with Gasteiger partial charge in [-0.15, -0.1) is 0 Å². The fraction of sp³-hybridized carbons (Fsp3) is 0.154. The molecule has 0 aliphatic rings. The molecule has 0 aliphatic heterocycles. The van der Waals surface area contributed by atoms with Gasteiger partial charge >= 0.3 is 0 Å². The van der Waals surface area contributed by atoms with Crippen molar-refractivity contribution in [1.82, 2.24) is 9.97 Å². The molecule has 0 fully saturated rings. The predicted octanol–water partition coefficient (Wildman–Crippen LogP) is 2.27. The van der Waals surface area contributed by atoms with Crippen molar-refractivity contribution in [2.24, 2.45) is 0 Å². The van der Waals surface area contributed by atoms with Gasteiger partial charge < -0.3 is 5.32 Å². The van der Waals surface area contributed by atoms with Gasteiger partial charge in [0, 0.05) is 25.1 Å². The molecule has 0 unspecified atom stereocenters. The molecule has 0 aromatic carbocycles. The molecule has 0 spiro atoms. The summed E-state index contributed by atoms with van der Waals surface area (Å²) in [7, 11) is 0. The zero-order chi connectivity index (χ0) is 12.1. The number of aryl methyl sites for hydroxylation is 1. The Kier molecular flexibility index (Phi) is 3.31. The molecule has 4 heteroatoms. The Bertz CT molecular complexity index is 557. The molecule has 1 N–H and O–H groups in total. The summed E-state index contributed by atoms with van der Waals surface area (Å²) in [5.41, 5.74) is 3.65. The number of pyridine rings is 2. The Balaban J connectivity index is 2.13. The van der Waals surface area contributed by atoms with Gasteiger partial charge in [-0.05, 0) is 30.2 Å². The minimum absolute atomic E-state index is 0.603. The van der Waals surface area contributed by atoms with Gasteiger partial charge in [0.1, 0.15) is 6.07 Å². The van der Waals surface area contributed by atoms with Gasteiger partial charge in [-0.25, -0.2) is 0 Å². The van der Waals surface area contributed by atoms with Gasteiger partial charge in [-0.3, -0.25) is 9.97 Å². The smallest absolute Gasteiger partial charge is 0.101 e. The maximum atomic E-state index is 8.94. The van der Waals surface area contributed by atoms with E-state index >= 15 is 0 Å². The summed E-state index contributed by atoms with van der Waals surface area (Å²) in [5.74, 6) is 0. The Morgan fingerprint density at radius 2 is 2.00 bits per heavy atom. The van der Waals surface area contributed by atoms with E-state index in [9.17, 15) is 0 Å². The van der Waals surface area contributed by atoms with E-state index in [0.29, 0.717) is 12.1 Å². The first-order valence-electron chi connectivity index (χ1n) is 5.28. The highest BCUT2D eigenvalue weighted by molar-refractivity contribution is 5.55. The van der Waals surface area contributed by atoms with E-state index in [1.54, 1.807) is 24.7 Å². The van der Waals surface area contributed by atoms with E-state index in [0.717, 1.165) is 16.8 Å². The number of nitrogens with zero attached hydrogens (tertiary/aromatic N) is 3. The van der Waals surface area contributed by atoms with Gasteiger partial charge in [0.25, 0.3) is 0 Å². The van der Waals surface area contributed by atoms with E-state index < -0.39 is 0 Å². The average molecular weight is 224 g/mol. The Morgan fingerprint density at radius 1 is 1.24 bits per heavy atom. The van der Waals surface area contributed by atoms with Crippen LogP contribution in [0.1, 0.15) is 16.7 Å². The fourth-order valence-corrected chi connectivity index (χ4v) is 1.52. The van der Waals surface area contributed by atoms with Crippen molar-refractivity contribution in [3.63, 3.8) is 0 Å². The lowest BCUT2D eigenvalue weighted by Gasteiger charge is -2.09. The Hall–Kier alpha value is -2.41. The van der Waals surface area contributed by atoms with Gasteiger partial charge in [-0.2, -0.15) is 5.26 Å². The van der Waals surface area contributed by atoms with E-state index in [1.165, 1.54) is 0 Å². The lowest BCUT2D eigenvalue weighted by atomic mass is 10.1. The summed E-state index contributed by atoms with van der Waals surface area (Å²) in [6.07, 6.45) is 6.86. The van der Waals surface area contributed by atoms with Crippen molar-refractivity contribution < 1.29 is 0 Å². The summed E-state index contributed by atoms with van der Waals surface area (Å²) in [6.45, 7) is 2.67. The van der Waals surface area contributed by atoms with Crippen LogP contribution < -0.4 is 5.32 Å². The zero-order valence-electron chi connectivity index (χ0n) is 9.51. The first kappa shape index (κ1) is 11.1. The second-order valence-electron chi connectivity index (χ2n) is 3.69. The normalized spacial score (nSPS) is 9.65. The molecule has 2 rings (SSSR count). The minimum atomic E-state index is 0.603. The molecule has 2 heterocycles. The number of anilines is 1. The first-order chi connectivity index (χ1) is 8.31. The molecular weight excluding hydrogens is 212 g/mol. The molecule has 0 amide bonds. The van der Waals surface area contributed by atoms with E-state index in [-0.39, 0.29) is 0 Å². The summed E-state index contributed by atoms with van der Waals surface area (Å²) in [4.78, 5) is 8.04. The lowest BCUT2D eigenvalue weighted by molar-refractivity contribution is 1.08. The van der Waals surface area contributed by atoms with Crippen molar-refractivity contribution in [3.8, 4) is 6.07 Å². The van der Waals surface area contributed by atoms with E-state index in [2.05, 4.69) is 21.4 Å². The van der Waals surface area contributed by atoms with Crippen LogP contribution in [0.15, 0.2) is 36.9 Å². The van der Waals surface area contributed by atoms with Crippen molar-refractivity contribution in [2.45, 2.75) is 13.5 Å². The predicted molar refractivity (Wildman–Crippen MR) is 65.3 cm³/mol. The van der Waals surface area contributed by atoms with Crippen LogP contribution >= 0.6 is 0 Å². The van der Waals surface area contributed by atoms with Crippen LogP contribution in [-0.2, 0) is 6.54 Å². The lowest BCUT2D eigenvalue weighted by Crippen LogP contribution is -2.03. The summed E-state index contributed by atoms with van der Waals surface area (Å²) in [5, 5.41) is 12.2. The molecule has 0 saturated carbocycles. The molecule has 2 aromatic rings. The first-order valence-corrected chi connectivity index (χ1v) is 5.28. The second-order valence-corrected chi connectivity index (χ2v) is 3.69. The number of nitrogens with one attached hydrogen (secondary N) is 1. The highest BCUT2D eigenvalue weighted by atomic mass is 14.9. The van der Waals surface area contributed by atoms with Gasteiger partial charge in [0.15, 0.2) is 0 Å². The quantitative estimate of drug-likeness (QED) is 0.868. The van der Waals surface area contributed by atoms with E-state index in [1.807, 2.05) is 19.2 Å². The van der Waals surface area contributed by atoms with Crippen molar-refractivity contribution >= 4 is 5.69 Å². The van der Waals surface area contributed by atoms with Crippen LogP contribution in [0.5, 0.6) is 0 Å². The number of hydrogen-bond donors (Lipinski definition) is 1. The second kappa shape index (κ2) is 5.08. The molecule has 0 atom stereocenters. The summed E-state index contributed by atoms with van der Waals surface area (Å²) < 4.78 is 0. The summed E-state index contributed by atoms with van der Waals surface area (Å²) >= 11 is 0. The zero-order valence-corrected chi connectivity index (χ0v) is 9.51. The maximum absolute atomic E-state index is 8.94. The molecule has 4 nitrogen and oxygen atoms in total. The third-order valence-electron chi connectivity index (χ3n) is 2.55. The third kappa shape index (κ3) is 2.58. The number of hydrogen-bond acceptors (Lipinski definition) is 4. The van der Waals surface area contributed by atoms with Crippen molar-refractivity contribution in [3.05, 3.63) is 53.6 Å². The van der Waals surface area contributed by atoms with Crippen LogP contribution in [0, 0.1) is 18.3 Å². The number of aromatic nitrogens is 2. The minimum Gasteiger partial charge on any atom is -0.379 e. The highest BCUT2D eigenvalue weighted by Gasteiger charge is 2.02. The molecule has 84 valence electrons. The fourth-order valence-electron chi connectivity index (χ4n) is 1.52. The van der Waals surface area contributed by atoms with Gasteiger partial charge in [-0.1, -0.05) is 0 Å². The van der Waals surface area contributed by atoms with Crippen LogP contribution in [-0.4, -0.2) is 9.97 Å². The average Bonchev–Trinajstić information content (AvgIpc) is 2.38. The highest BCUT2D eigenvalue weighted by Crippen LogP contribution is 2.14. The standard InChI is InChI=1S/C13H12N4/c1-10-7-15-5-3-12(10)8-17-13-9-16-4-2-11(13)6-14/h2-5,7,9,17H,8H2,1H3. The van der Waals surface area contributed by atoms with E-state index in [4.69, 9.17) is 5.26 Å². The van der Waals surface area contributed by atoms with Crippen LogP contribution in [0.3, 0.4) is 0 Å². The molecule has 17 heavy (non-hydrogen) atoms. The van der Waals surface area contributed by atoms with Crippen LogP contribution in [0.25, 0.3) is 0 Å². The summed E-state index contributed by atoms with van der Waals surface area (Å²) in [6, 6.07) is 5.79. The maximum Gasteiger partial charge on any atom is 0.101 e.